The van der Waals surface area contributed by atoms with Gasteiger partial charge in [0.2, 0.25) is 0 Å². The van der Waals surface area contributed by atoms with Crippen LogP contribution in [0.5, 0.6) is 0 Å². The number of nitrogens with one attached hydrogen (secondary N) is 1. The molecular weight excluding hydrogens is 224 g/mol. The zero-order valence-corrected chi connectivity index (χ0v) is 11.9. The number of aromatic nitrogens is 2. The van der Waals surface area contributed by atoms with Gasteiger partial charge in [0, 0.05) is 38.4 Å². The molecule has 4 heteroatoms. The van der Waals surface area contributed by atoms with Crippen LogP contribution in [-0.2, 0) is 6.54 Å². The summed E-state index contributed by atoms with van der Waals surface area (Å²) in [6.07, 6.45) is 5.30. The van der Waals surface area contributed by atoms with Crippen molar-refractivity contribution in [3.8, 4) is 0 Å². The fourth-order valence-corrected chi connectivity index (χ4v) is 2.54. The Morgan fingerprint density at radius 1 is 1.50 bits per heavy atom. The summed E-state index contributed by atoms with van der Waals surface area (Å²) in [4.78, 5) is 2.56. The Balaban J connectivity index is 1.79. The summed E-state index contributed by atoms with van der Waals surface area (Å²) in [7, 11) is 0. The van der Waals surface area contributed by atoms with E-state index in [4.69, 9.17) is 0 Å². The highest BCUT2D eigenvalue weighted by molar-refractivity contribution is 4.99. The maximum absolute atomic E-state index is 4.34. The molecule has 0 bridgehead atoms. The van der Waals surface area contributed by atoms with Crippen LogP contribution in [0.25, 0.3) is 0 Å². The molecule has 1 N–H and O–H groups in total. The molecule has 1 aliphatic heterocycles. The normalized spacial score (nSPS) is 23.2. The first kappa shape index (κ1) is 13.6. The van der Waals surface area contributed by atoms with Crippen LogP contribution in [-0.4, -0.2) is 46.9 Å². The molecule has 1 saturated heterocycles. The van der Waals surface area contributed by atoms with Gasteiger partial charge in [-0.25, -0.2) is 0 Å². The van der Waals surface area contributed by atoms with E-state index in [0.717, 1.165) is 32.1 Å². The number of nitrogens with zero attached hydrogens (tertiary/aromatic N) is 3. The first-order valence-electron chi connectivity index (χ1n) is 7.14. The van der Waals surface area contributed by atoms with Gasteiger partial charge in [-0.3, -0.25) is 9.58 Å². The van der Waals surface area contributed by atoms with Gasteiger partial charge in [-0.05, 0) is 18.4 Å². The van der Waals surface area contributed by atoms with Gasteiger partial charge in [0.15, 0.2) is 0 Å². The molecule has 0 aromatic carbocycles. The summed E-state index contributed by atoms with van der Waals surface area (Å²) >= 11 is 0. The molecule has 18 heavy (non-hydrogen) atoms. The number of aryl methyl sites for hydroxylation is 1. The predicted molar refractivity (Wildman–Crippen MR) is 74.6 cm³/mol. The Morgan fingerprint density at radius 2 is 2.33 bits per heavy atom. The Morgan fingerprint density at radius 3 is 3.00 bits per heavy atom. The first-order valence-corrected chi connectivity index (χ1v) is 7.14. The third-order valence-electron chi connectivity index (χ3n) is 4.03. The standard InChI is InChI=1S/C14H26N4/c1-4-13(3)14-11-17(6-5-15-14)7-8-18-10-12(2)9-16-18/h9-10,13-15H,4-8,11H2,1-3H3. The van der Waals surface area contributed by atoms with Gasteiger partial charge in [-0.1, -0.05) is 20.3 Å². The molecule has 1 aromatic heterocycles. The molecule has 2 unspecified atom stereocenters. The number of rotatable bonds is 5. The van der Waals surface area contributed by atoms with Gasteiger partial charge in [0.1, 0.15) is 0 Å². The third-order valence-corrected chi connectivity index (χ3v) is 4.03. The molecule has 2 heterocycles. The quantitative estimate of drug-likeness (QED) is 0.860. The van der Waals surface area contributed by atoms with E-state index in [9.17, 15) is 0 Å². The molecule has 102 valence electrons. The van der Waals surface area contributed by atoms with E-state index in [1.807, 2.05) is 6.20 Å². The van der Waals surface area contributed by atoms with Crippen LogP contribution in [0.1, 0.15) is 25.8 Å². The molecule has 1 fully saturated rings. The Kier molecular flexibility index (Phi) is 4.78. The van der Waals surface area contributed by atoms with Gasteiger partial charge in [0.05, 0.1) is 12.7 Å². The highest BCUT2D eigenvalue weighted by atomic mass is 15.3. The zero-order chi connectivity index (χ0) is 13.0. The van der Waals surface area contributed by atoms with Crippen LogP contribution >= 0.6 is 0 Å². The summed E-state index contributed by atoms with van der Waals surface area (Å²) in [5.74, 6) is 0.764. The summed E-state index contributed by atoms with van der Waals surface area (Å²) in [5.41, 5.74) is 1.24. The van der Waals surface area contributed by atoms with Crippen LogP contribution in [0.2, 0.25) is 0 Å². The molecule has 0 amide bonds. The lowest BCUT2D eigenvalue weighted by atomic mass is 9.97. The van der Waals surface area contributed by atoms with Crippen molar-refractivity contribution in [3.63, 3.8) is 0 Å². The van der Waals surface area contributed by atoms with E-state index in [1.54, 1.807) is 0 Å². The van der Waals surface area contributed by atoms with Crippen LogP contribution in [0.3, 0.4) is 0 Å². The van der Waals surface area contributed by atoms with E-state index < -0.39 is 0 Å². The molecule has 1 aromatic rings. The highest BCUT2D eigenvalue weighted by Crippen LogP contribution is 2.12. The predicted octanol–water partition coefficient (Wildman–Crippen LogP) is 1.51. The maximum Gasteiger partial charge on any atom is 0.0536 e. The molecule has 2 atom stereocenters. The van der Waals surface area contributed by atoms with Crippen molar-refractivity contribution >= 4 is 0 Å². The minimum absolute atomic E-state index is 0.656. The number of hydrogen-bond acceptors (Lipinski definition) is 3. The first-order chi connectivity index (χ1) is 8.69. The lowest BCUT2D eigenvalue weighted by Crippen LogP contribution is -2.53. The van der Waals surface area contributed by atoms with E-state index in [2.05, 4.69) is 47.0 Å². The van der Waals surface area contributed by atoms with Crippen LogP contribution < -0.4 is 5.32 Å². The summed E-state index contributed by atoms with van der Waals surface area (Å²) in [5, 5.41) is 7.98. The molecule has 2 rings (SSSR count). The van der Waals surface area contributed by atoms with Crippen molar-refractivity contribution < 1.29 is 0 Å². The Hall–Kier alpha value is -0.870. The minimum Gasteiger partial charge on any atom is -0.311 e. The number of hydrogen-bond donors (Lipinski definition) is 1. The Bertz CT molecular complexity index is 360. The zero-order valence-electron chi connectivity index (χ0n) is 11.9. The van der Waals surface area contributed by atoms with Crippen molar-refractivity contribution in [2.75, 3.05) is 26.2 Å². The lowest BCUT2D eigenvalue weighted by molar-refractivity contribution is 0.162. The second-order valence-electron chi connectivity index (χ2n) is 5.53. The minimum atomic E-state index is 0.656. The van der Waals surface area contributed by atoms with Crippen molar-refractivity contribution in [1.29, 1.82) is 0 Å². The largest absolute Gasteiger partial charge is 0.311 e. The number of piperazine rings is 1. The van der Waals surface area contributed by atoms with E-state index in [-0.39, 0.29) is 0 Å². The smallest absolute Gasteiger partial charge is 0.0536 e. The highest BCUT2D eigenvalue weighted by Gasteiger charge is 2.22. The van der Waals surface area contributed by atoms with E-state index in [1.165, 1.54) is 18.5 Å². The molecule has 0 saturated carbocycles. The molecule has 4 nitrogen and oxygen atoms in total. The Labute approximate surface area is 110 Å². The SMILES string of the molecule is CCC(C)C1CN(CCn2cc(C)cn2)CCN1. The molecule has 0 aliphatic carbocycles. The average Bonchev–Trinajstić information content (AvgIpc) is 2.81. The second kappa shape index (κ2) is 6.34. The van der Waals surface area contributed by atoms with Crippen LogP contribution in [0, 0.1) is 12.8 Å². The van der Waals surface area contributed by atoms with Crippen molar-refractivity contribution in [1.82, 2.24) is 20.0 Å². The topological polar surface area (TPSA) is 33.1 Å². The van der Waals surface area contributed by atoms with Crippen molar-refractivity contribution in [3.05, 3.63) is 18.0 Å². The van der Waals surface area contributed by atoms with Crippen molar-refractivity contribution in [2.45, 2.75) is 39.8 Å². The maximum atomic E-state index is 4.34. The van der Waals surface area contributed by atoms with Crippen LogP contribution in [0.15, 0.2) is 12.4 Å². The second-order valence-corrected chi connectivity index (χ2v) is 5.53. The molecule has 0 radical (unpaired) electrons. The van der Waals surface area contributed by atoms with Gasteiger partial charge in [-0.15, -0.1) is 0 Å². The van der Waals surface area contributed by atoms with Crippen molar-refractivity contribution in [2.24, 2.45) is 5.92 Å². The molecule has 1 aliphatic rings. The summed E-state index contributed by atoms with van der Waals surface area (Å²) < 4.78 is 2.05. The van der Waals surface area contributed by atoms with E-state index >= 15 is 0 Å². The summed E-state index contributed by atoms with van der Waals surface area (Å²) in [6.45, 7) is 12.3. The van der Waals surface area contributed by atoms with Gasteiger partial charge < -0.3 is 5.32 Å². The molecule has 0 spiro atoms. The van der Waals surface area contributed by atoms with Gasteiger partial charge in [0.25, 0.3) is 0 Å². The fraction of sp³-hybridized carbons (Fsp3) is 0.786. The fourth-order valence-electron chi connectivity index (χ4n) is 2.54. The average molecular weight is 250 g/mol. The van der Waals surface area contributed by atoms with E-state index in [0.29, 0.717) is 6.04 Å². The summed E-state index contributed by atoms with van der Waals surface area (Å²) in [6, 6.07) is 0.656. The van der Waals surface area contributed by atoms with Gasteiger partial charge >= 0.3 is 0 Å². The van der Waals surface area contributed by atoms with Gasteiger partial charge in [-0.2, -0.15) is 5.10 Å². The monoisotopic (exact) mass is 250 g/mol. The lowest BCUT2D eigenvalue weighted by Gasteiger charge is -2.36. The third kappa shape index (κ3) is 3.56. The molecular formula is C14H26N4. The van der Waals surface area contributed by atoms with Crippen LogP contribution in [0.4, 0.5) is 0 Å².